The molecular formula is C25H28N6O7S3. The predicted molar refractivity (Wildman–Crippen MR) is 155 cm³/mol. The molecule has 0 unspecified atom stereocenters. The van der Waals surface area contributed by atoms with E-state index in [1.54, 1.807) is 37.7 Å². The quantitative estimate of drug-likeness (QED) is 0.138. The Morgan fingerprint density at radius 1 is 1.24 bits per heavy atom. The Bertz CT molecular complexity index is 1460. The van der Waals surface area contributed by atoms with Crippen LogP contribution >= 0.6 is 34.4 Å². The minimum absolute atomic E-state index is 0.00697. The van der Waals surface area contributed by atoms with Gasteiger partial charge in [-0.3, -0.25) is 19.3 Å². The summed E-state index contributed by atoms with van der Waals surface area (Å²) < 4.78 is 10.3. The number of β-lactam (4-membered cyclic amide) rings is 1. The maximum Gasteiger partial charge on any atom is 0.358 e. The van der Waals surface area contributed by atoms with E-state index in [2.05, 4.69) is 20.4 Å². The topological polar surface area (TPSA) is 175 Å². The molecule has 218 valence electrons. The number of anilines is 1. The van der Waals surface area contributed by atoms with Gasteiger partial charge in [0.2, 0.25) is 6.79 Å². The number of amides is 2. The molecule has 4 heterocycles. The highest BCUT2D eigenvalue weighted by Gasteiger charge is 2.54. The summed E-state index contributed by atoms with van der Waals surface area (Å²) in [6.45, 7) is 6.27. The van der Waals surface area contributed by atoms with Crippen LogP contribution in [0.15, 0.2) is 33.4 Å². The van der Waals surface area contributed by atoms with E-state index in [0.29, 0.717) is 11.3 Å². The molecule has 2 aromatic heterocycles. The number of rotatable bonds is 9. The highest BCUT2D eigenvalue weighted by Crippen LogP contribution is 2.41. The van der Waals surface area contributed by atoms with Crippen LogP contribution in [0, 0.1) is 12.3 Å². The predicted octanol–water partition coefficient (Wildman–Crippen LogP) is 2.30. The second kappa shape index (κ2) is 12.4. The Kier molecular flexibility index (Phi) is 9.14. The molecule has 16 heteroatoms. The lowest BCUT2D eigenvalue weighted by Gasteiger charge is -2.49. The molecule has 2 atom stereocenters. The second-order valence-corrected chi connectivity index (χ2v) is 12.7. The van der Waals surface area contributed by atoms with E-state index < -0.39 is 47.4 Å². The maximum atomic E-state index is 13.3. The normalized spacial score (nSPS) is 19.1. The van der Waals surface area contributed by atoms with E-state index in [-0.39, 0.29) is 22.2 Å². The van der Waals surface area contributed by atoms with Gasteiger partial charge in [-0.2, -0.15) is 0 Å². The van der Waals surface area contributed by atoms with Crippen molar-refractivity contribution in [2.45, 2.75) is 39.1 Å². The smallest absolute Gasteiger partial charge is 0.358 e. The van der Waals surface area contributed by atoms with Crippen molar-refractivity contribution in [1.29, 1.82) is 0 Å². The fourth-order valence-electron chi connectivity index (χ4n) is 3.73. The molecule has 1 saturated heterocycles. The molecule has 41 heavy (non-hydrogen) atoms. The lowest BCUT2D eigenvalue weighted by Crippen LogP contribution is -2.71. The lowest BCUT2D eigenvalue weighted by molar-refractivity contribution is -0.173. The number of nitrogens with two attached hydrogens (primary N) is 1. The van der Waals surface area contributed by atoms with Gasteiger partial charge < -0.3 is 25.4 Å². The SMILES string of the molecule is CO/N=C(/C(=O)N[C@H]1C(=O)N2C(C(=O)OCOC(=O)C(C)(C)C)=C(/C=C\c3scnc3C)CS[C@@H]12)c1csc(N)n1. The first-order chi connectivity index (χ1) is 19.4. The average molecular weight is 621 g/mol. The van der Waals surface area contributed by atoms with Gasteiger partial charge in [-0.1, -0.05) is 11.2 Å². The third-order valence-corrected chi connectivity index (χ3v) is 8.72. The van der Waals surface area contributed by atoms with Crippen LogP contribution in [0.2, 0.25) is 0 Å². The minimum atomic E-state index is -0.957. The van der Waals surface area contributed by atoms with Gasteiger partial charge in [0.1, 0.15) is 29.9 Å². The number of aryl methyl sites for hydroxylation is 1. The van der Waals surface area contributed by atoms with E-state index in [4.69, 9.17) is 20.0 Å². The average Bonchev–Trinajstić information content (AvgIpc) is 3.54. The number of ether oxygens (including phenoxy) is 2. The first-order valence-corrected chi connectivity index (χ1v) is 15.0. The van der Waals surface area contributed by atoms with Gasteiger partial charge in [0.05, 0.1) is 16.6 Å². The number of thioether (sulfide) groups is 1. The van der Waals surface area contributed by atoms with Crippen molar-refractivity contribution < 1.29 is 33.5 Å². The number of nitrogen functional groups attached to an aromatic ring is 1. The molecule has 2 aliphatic rings. The molecule has 2 amide bonds. The van der Waals surface area contributed by atoms with E-state index in [1.807, 2.05) is 13.0 Å². The first kappa shape index (κ1) is 30.2. The molecule has 0 radical (unpaired) electrons. The van der Waals surface area contributed by atoms with Gasteiger partial charge in [-0.25, -0.2) is 14.8 Å². The van der Waals surface area contributed by atoms with Crippen molar-refractivity contribution in [3.05, 3.63) is 44.5 Å². The van der Waals surface area contributed by atoms with Crippen molar-refractivity contribution in [3.63, 3.8) is 0 Å². The van der Waals surface area contributed by atoms with Crippen LogP contribution < -0.4 is 11.1 Å². The molecule has 4 rings (SSSR count). The summed E-state index contributed by atoms with van der Waals surface area (Å²) in [5, 5.41) is 7.59. The molecule has 2 aliphatic heterocycles. The number of esters is 2. The fourth-order valence-corrected chi connectivity index (χ4v) is 6.29. The van der Waals surface area contributed by atoms with Crippen LogP contribution in [0.3, 0.4) is 0 Å². The third kappa shape index (κ3) is 6.60. The van der Waals surface area contributed by atoms with Gasteiger partial charge in [0, 0.05) is 16.0 Å². The molecule has 0 bridgehead atoms. The van der Waals surface area contributed by atoms with Crippen molar-refractivity contribution in [2.75, 3.05) is 25.4 Å². The van der Waals surface area contributed by atoms with Crippen molar-refractivity contribution in [3.8, 4) is 0 Å². The molecule has 3 N–H and O–H groups in total. The van der Waals surface area contributed by atoms with Crippen molar-refractivity contribution in [2.24, 2.45) is 10.6 Å². The van der Waals surface area contributed by atoms with Crippen LogP contribution in [-0.4, -0.2) is 75.4 Å². The van der Waals surface area contributed by atoms with E-state index in [1.165, 1.54) is 35.1 Å². The van der Waals surface area contributed by atoms with Crippen LogP contribution in [0.25, 0.3) is 6.08 Å². The number of nitrogens with one attached hydrogen (secondary N) is 1. The lowest BCUT2D eigenvalue weighted by atomic mass is 9.98. The number of carbonyl (C=O) groups is 4. The third-order valence-electron chi connectivity index (χ3n) is 5.85. The molecule has 0 saturated carbocycles. The Morgan fingerprint density at radius 3 is 2.61 bits per heavy atom. The van der Waals surface area contributed by atoms with Crippen LogP contribution in [0.1, 0.15) is 37.0 Å². The van der Waals surface area contributed by atoms with Gasteiger partial charge in [0.15, 0.2) is 10.8 Å². The molecular weight excluding hydrogens is 593 g/mol. The number of carbonyl (C=O) groups excluding carboxylic acids is 4. The molecule has 0 aliphatic carbocycles. The number of oxime groups is 1. The highest BCUT2D eigenvalue weighted by molar-refractivity contribution is 8.00. The van der Waals surface area contributed by atoms with Gasteiger partial charge in [-0.05, 0) is 39.3 Å². The first-order valence-electron chi connectivity index (χ1n) is 12.2. The number of nitrogens with zero attached hydrogens (tertiary/aromatic N) is 4. The summed E-state index contributed by atoms with van der Waals surface area (Å²) >= 11 is 3.92. The summed E-state index contributed by atoms with van der Waals surface area (Å²) in [6.07, 6.45) is 3.55. The van der Waals surface area contributed by atoms with Crippen LogP contribution in [0.4, 0.5) is 5.13 Å². The Labute approximate surface area is 247 Å². The zero-order valence-corrected chi connectivity index (χ0v) is 25.3. The number of hydrogen-bond acceptors (Lipinski definition) is 14. The zero-order chi connectivity index (χ0) is 29.9. The summed E-state index contributed by atoms with van der Waals surface area (Å²) in [6, 6.07) is -0.957. The highest BCUT2D eigenvalue weighted by atomic mass is 32.2. The zero-order valence-electron chi connectivity index (χ0n) is 22.8. The van der Waals surface area contributed by atoms with Gasteiger partial charge in [-0.15, -0.1) is 34.4 Å². The number of allylic oxidation sites excluding steroid dienone is 1. The molecule has 0 spiro atoms. The largest absolute Gasteiger partial charge is 0.427 e. The Hall–Kier alpha value is -3.76. The fraction of sp³-hybridized carbons (Fsp3) is 0.400. The summed E-state index contributed by atoms with van der Waals surface area (Å²) in [4.78, 5) is 67.0. The second-order valence-electron chi connectivity index (χ2n) is 9.80. The summed E-state index contributed by atoms with van der Waals surface area (Å²) in [7, 11) is 1.28. The molecule has 2 aromatic rings. The molecule has 0 aromatic carbocycles. The Balaban J connectivity index is 1.55. The summed E-state index contributed by atoms with van der Waals surface area (Å²) in [5.74, 6) is -2.26. The number of aromatic nitrogens is 2. The number of hydrogen-bond donors (Lipinski definition) is 2. The summed E-state index contributed by atoms with van der Waals surface area (Å²) in [5.41, 5.74) is 8.03. The number of thiazole rings is 2. The van der Waals surface area contributed by atoms with E-state index in [0.717, 1.165) is 21.9 Å². The van der Waals surface area contributed by atoms with Crippen molar-refractivity contribution in [1.82, 2.24) is 20.2 Å². The van der Waals surface area contributed by atoms with E-state index in [9.17, 15) is 19.2 Å². The Morgan fingerprint density at radius 2 is 2.00 bits per heavy atom. The number of fused-ring (bicyclic) bond motifs is 1. The van der Waals surface area contributed by atoms with Gasteiger partial charge in [0.25, 0.3) is 11.8 Å². The maximum absolute atomic E-state index is 13.3. The van der Waals surface area contributed by atoms with Crippen molar-refractivity contribution >= 4 is 75.1 Å². The molecule has 1 fully saturated rings. The van der Waals surface area contributed by atoms with Crippen LogP contribution in [-0.2, 0) is 33.5 Å². The molecule has 13 nitrogen and oxygen atoms in total. The monoisotopic (exact) mass is 620 g/mol. The van der Waals surface area contributed by atoms with Gasteiger partial charge >= 0.3 is 11.9 Å². The minimum Gasteiger partial charge on any atom is -0.427 e. The van der Waals surface area contributed by atoms with Crippen LogP contribution in [0.5, 0.6) is 0 Å². The standard InChI is InChI=1S/C25H28N6O7S3/c1-12-15(41-10-27-12)7-6-13-8-39-21-17(29-19(32)16(30-36-5)14-9-40-24(26)28-14)20(33)31(21)18(13)22(34)37-11-38-23(35)25(2,3)4/h6-7,9-10,17,21H,8,11H2,1-5H3,(H2,26,28)(H,29,32)/b7-6-,30-16+/t17-,21-/m0/s1. The van der Waals surface area contributed by atoms with E-state index >= 15 is 0 Å².